The number of amides is 3. The maximum atomic E-state index is 12.9. The van der Waals surface area contributed by atoms with Crippen LogP contribution in [-0.4, -0.2) is 56.6 Å². The summed E-state index contributed by atoms with van der Waals surface area (Å²) in [5.41, 5.74) is 2.93. The van der Waals surface area contributed by atoms with Gasteiger partial charge in [0.2, 0.25) is 5.91 Å². The van der Waals surface area contributed by atoms with E-state index in [2.05, 4.69) is 25.1 Å². The van der Waals surface area contributed by atoms with Gasteiger partial charge in [-0.1, -0.05) is 43.8 Å². The lowest BCUT2D eigenvalue weighted by atomic mass is 10.0. The molecular formula is C32H29F3N6O5S. The number of hydrogen-bond acceptors (Lipinski definition) is 8. The second-order valence-electron chi connectivity index (χ2n) is 10.4. The fourth-order valence-corrected chi connectivity index (χ4v) is 5.58. The monoisotopic (exact) mass is 666 g/mol. The largest absolute Gasteiger partial charge is 0.573 e. The van der Waals surface area contributed by atoms with E-state index in [0.717, 1.165) is 17.7 Å². The molecule has 0 bridgehead atoms. The van der Waals surface area contributed by atoms with Crippen LogP contribution in [0, 0.1) is 0 Å². The molecule has 11 nitrogen and oxygen atoms in total. The molecular weight excluding hydrogens is 637 g/mol. The molecule has 47 heavy (non-hydrogen) atoms. The number of para-hydroxylation sites is 1. The zero-order chi connectivity index (χ0) is 33.7. The Morgan fingerprint density at radius 1 is 1.04 bits per heavy atom. The van der Waals surface area contributed by atoms with Crippen molar-refractivity contribution in [2.24, 2.45) is 4.99 Å². The number of benzene rings is 3. The van der Waals surface area contributed by atoms with Gasteiger partial charge in [0.05, 0.1) is 23.7 Å². The number of urea groups is 1. The highest BCUT2D eigenvalue weighted by Gasteiger charge is 2.33. The SMILES string of the molecule is CCOC(=O)Cc1nc(-c2ccc(NC(=O)N=C3SCC(=O)N3c3ccccc3C(C)C)cc2)nn1-c1ccc(OC(F)(F)F)cc1. The van der Waals surface area contributed by atoms with Crippen LogP contribution in [0.25, 0.3) is 17.1 Å². The van der Waals surface area contributed by atoms with Crippen LogP contribution in [0.15, 0.2) is 77.8 Å². The average Bonchev–Trinajstić information content (AvgIpc) is 3.60. The minimum atomic E-state index is -4.84. The Labute approximate surface area is 271 Å². The van der Waals surface area contributed by atoms with E-state index in [1.807, 2.05) is 38.1 Å². The number of carbonyl (C=O) groups is 3. The van der Waals surface area contributed by atoms with Gasteiger partial charge in [-0.25, -0.2) is 14.5 Å². The zero-order valence-electron chi connectivity index (χ0n) is 25.4. The molecule has 1 aromatic heterocycles. The maximum Gasteiger partial charge on any atom is 0.573 e. The zero-order valence-corrected chi connectivity index (χ0v) is 26.3. The normalized spacial score (nSPS) is 14.1. The summed E-state index contributed by atoms with van der Waals surface area (Å²) in [6.45, 7) is 5.86. The summed E-state index contributed by atoms with van der Waals surface area (Å²) in [5, 5.41) is 7.45. The summed E-state index contributed by atoms with van der Waals surface area (Å²) in [5.74, 6) is -0.407. The molecule has 1 aliphatic rings. The highest BCUT2D eigenvalue weighted by molar-refractivity contribution is 8.15. The number of aliphatic imine (C=N–C) groups is 1. The van der Waals surface area contributed by atoms with Gasteiger partial charge >= 0.3 is 18.4 Å². The Morgan fingerprint density at radius 3 is 2.40 bits per heavy atom. The number of thioether (sulfide) groups is 1. The van der Waals surface area contributed by atoms with Crippen molar-refractivity contribution >= 4 is 46.2 Å². The van der Waals surface area contributed by atoms with Crippen molar-refractivity contribution in [2.75, 3.05) is 22.6 Å². The van der Waals surface area contributed by atoms with E-state index in [4.69, 9.17) is 4.74 Å². The third-order valence-electron chi connectivity index (χ3n) is 6.75. The fourth-order valence-electron chi connectivity index (χ4n) is 4.72. The van der Waals surface area contributed by atoms with Gasteiger partial charge in [0.15, 0.2) is 11.0 Å². The number of aromatic nitrogens is 3. The topological polar surface area (TPSA) is 128 Å². The Morgan fingerprint density at radius 2 is 1.74 bits per heavy atom. The van der Waals surface area contributed by atoms with Gasteiger partial charge in [0.25, 0.3) is 0 Å². The lowest BCUT2D eigenvalue weighted by Gasteiger charge is -2.21. The fraction of sp³-hybridized carbons (Fsp3) is 0.250. The van der Waals surface area contributed by atoms with Crippen LogP contribution < -0.4 is 15.0 Å². The van der Waals surface area contributed by atoms with Crippen molar-refractivity contribution in [1.82, 2.24) is 14.8 Å². The standard InChI is InChI=1S/C32H29F3N6O5S/c1-4-45-28(43)17-26-37-29(39-41(26)22-13-15-23(16-14-22)46-32(33,34)35)20-9-11-21(12-10-20)36-30(44)38-31-40(27(42)18-47-31)25-8-6-5-7-24(25)19(2)3/h5-16,19H,4,17-18H2,1-3H3,(H,36,44). The summed E-state index contributed by atoms with van der Waals surface area (Å²) in [6.07, 6.45) is -5.08. The molecule has 5 rings (SSSR count). The van der Waals surface area contributed by atoms with Crippen molar-refractivity contribution in [3.63, 3.8) is 0 Å². The molecule has 0 unspecified atom stereocenters. The number of hydrogen-bond donors (Lipinski definition) is 1. The third-order valence-corrected chi connectivity index (χ3v) is 7.68. The third kappa shape index (κ3) is 8.16. The van der Waals surface area contributed by atoms with E-state index in [9.17, 15) is 27.6 Å². The van der Waals surface area contributed by atoms with Gasteiger partial charge in [-0.2, -0.15) is 4.99 Å². The summed E-state index contributed by atoms with van der Waals surface area (Å²) in [6, 6.07) is 18.3. The van der Waals surface area contributed by atoms with Crippen LogP contribution >= 0.6 is 11.8 Å². The number of amidine groups is 1. The van der Waals surface area contributed by atoms with Crippen LogP contribution in [0.3, 0.4) is 0 Å². The average molecular weight is 667 g/mol. The van der Waals surface area contributed by atoms with E-state index >= 15 is 0 Å². The second-order valence-corrected chi connectivity index (χ2v) is 11.4. The number of halogens is 3. The minimum Gasteiger partial charge on any atom is -0.466 e. The van der Waals surface area contributed by atoms with Crippen LogP contribution in [0.1, 0.15) is 38.1 Å². The number of anilines is 2. The Bertz CT molecular complexity index is 1810. The van der Waals surface area contributed by atoms with Crippen molar-refractivity contribution in [2.45, 2.75) is 39.5 Å². The van der Waals surface area contributed by atoms with E-state index in [0.29, 0.717) is 22.6 Å². The quantitative estimate of drug-likeness (QED) is 0.195. The lowest BCUT2D eigenvalue weighted by molar-refractivity contribution is -0.274. The second kappa shape index (κ2) is 14.1. The van der Waals surface area contributed by atoms with Gasteiger partial charge in [-0.15, -0.1) is 18.3 Å². The molecule has 0 radical (unpaired) electrons. The lowest BCUT2D eigenvalue weighted by Crippen LogP contribution is -2.31. The number of nitrogens with one attached hydrogen (secondary N) is 1. The Hall–Kier alpha value is -5.18. The number of nitrogens with zero attached hydrogens (tertiary/aromatic N) is 5. The molecule has 1 N–H and O–H groups in total. The molecule has 4 aromatic rings. The van der Waals surface area contributed by atoms with Crippen LogP contribution in [0.4, 0.5) is 29.3 Å². The first-order chi connectivity index (χ1) is 22.4. The van der Waals surface area contributed by atoms with Crippen molar-refractivity contribution < 1.29 is 37.0 Å². The van der Waals surface area contributed by atoms with Crippen molar-refractivity contribution in [3.8, 4) is 22.8 Å². The highest BCUT2D eigenvalue weighted by Crippen LogP contribution is 2.33. The van der Waals surface area contributed by atoms with Gasteiger partial charge in [-0.3, -0.25) is 14.5 Å². The van der Waals surface area contributed by atoms with E-state index < -0.39 is 24.1 Å². The molecule has 3 aromatic carbocycles. The molecule has 0 saturated carbocycles. The highest BCUT2D eigenvalue weighted by atomic mass is 32.2. The van der Waals surface area contributed by atoms with Gasteiger partial charge in [0.1, 0.15) is 18.0 Å². The Balaban J connectivity index is 1.35. The van der Waals surface area contributed by atoms with Crippen molar-refractivity contribution in [1.29, 1.82) is 0 Å². The van der Waals surface area contributed by atoms with Gasteiger partial charge in [-0.05, 0) is 73.0 Å². The molecule has 1 saturated heterocycles. The number of alkyl halides is 3. The maximum absolute atomic E-state index is 12.9. The van der Waals surface area contributed by atoms with E-state index in [1.165, 1.54) is 33.5 Å². The van der Waals surface area contributed by atoms with E-state index in [-0.39, 0.29) is 47.4 Å². The summed E-state index contributed by atoms with van der Waals surface area (Å²) in [7, 11) is 0. The molecule has 3 amide bonds. The Kier molecular flexibility index (Phi) is 9.94. The number of rotatable bonds is 9. The molecule has 15 heteroatoms. The molecule has 0 spiro atoms. The van der Waals surface area contributed by atoms with Gasteiger partial charge in [0, 0.05) is 11.3 Å². The molecule has 1 fully saturated rings. The summed E-state index contributed by atoms with van der Waals surface area (Å²) in [4.78, 5) is 48.0. The minimum absolute atomic E-state index is 0.152. The van der Waals surface area contributed by atoms with Crippen LogP contribution in [-0.2, 0) is 20.7 Å². The summed E-state index contributed by atoms with van der Waals surface area (Å²) < 4.78 is 48.1. The van der Waals surface area contributed by atoms with Crippen molar-refractivity contribution in [3.05, 3.63) is 84.2 Å². The predicted molar refractivity (Wildman–Crippen MR) is 171 cm³/mol. The molecule has 2 heterocycles. The number of esters is 1. The van der Waals surface area contributed by atoms with E-state index in [1.54, 1.807) is 31.2 Å². The van der Waals surface area contributed by atoms with Crippen LogP contribution in [0.5, 0.6) is 5.75 Å². The smallest absolute Gasteiger partial charge is 0.466 e. The molecule has 0 atom stereocenters. The molecule has 244 valence electrons. The molecule has 1 aliphatic heterocycles. The van der Waals surface area contributed by atoms with Crippen LogP contribution in [0.2, 0.25) is 0 Å². The molecule has 0 aliphatic carbocycles. The first-order valence-electron chi connectivity index (χ1n) is 14.4. The number of carbonyl (C=O) groups excluding carboxylic acids is 3. The first kappa shape index (κ1) is 33.2. The first-order valence-corrected chi connectivity index (χ1v) is 15.4. The van der Waals surface area contributed by atoms with Gasteiger partial charge < -0.3 is 14.8 Å². The predicted octanol–water partition coefficient (Wildman–Crippen LogP) is 6.73. The summed E-state index contributed by atoms with van der Waals surface area (Å²) >= 11 is 1.18. The number of ether oxygens (including phenoxy) is 2.